The van der Waals surface area contributed by atoms with Crippen LogP contribution in [0.15, 0.2) is 36.4 Å². The van der Waals surface area contributed by atoms with Crippen LogP contribution < -0.4 is 10.9 Å². The molecule has 0 spiro atoms. The average Bonchev–Trinajstić information content (AvgIpc) is 2.27. The summed E-state index contributed by atoms with van der Waals surface area (Å²) in [6.45, 7) is 6.45. The average molecular weight is 321 g/mol. The van der Waals surface area contributed by atoms with Crippen molar-refractivity contribution in [3.63, 3.8) is 0 Å². The molecular weight excluding hydrogens is 306 g/mol. The Bertz CT molecular complexity index is 557. The second kappa shape index (κ2) is 5.50. The van der Waals surface area contributed by atoms with Crippen LogP contribution in [0.2, 0.25) is 5.02 Å². The van der Waals surface area contributed by atoms with Crippen LogP contribution in [0.3, 0.4) is 0 Å². The summed E-state index contributed by atoms with van der Waals surface area (Å²) < 4.78 is 0. The minimum Gasteiger partial charge on any atom is -0.143 e. The van der Waals surface area contributed by atoms with E-state index in [-0.39, 0.29) is 5.54 Å². The van der Waals surface area contributed by atoms with Crippen LogP contribution >= 0.6 is 27.4 Å². The SMILES string of the molecule is Cc1cc(C)c(B(Br)c2cccc(Cl)c2)c(C)c1. The van der Waals surface area contributed by atoms with E-state index in [1.165, 1.54) is 27.6 Å². The van der Waals surface area contributed by atoms with E-state index in [1.807, 2.05) is 18.2 Å². The van der Waals surface area contributed by atoms with E-state index in [0.29, 0.717) is 0 Å². The summed E-state index contributed by atoms with van der Waals surface area (Å²) in [5, 5.41) is 0.777. The van der Waals surface area contributed by atoms with Gasteiger partial charge in [0.15, 0.2) is 0 Å². The number of hydrogen-bond acceptors (Lipinski definition) is 0. The largest absolute Gasteiger partial charge is 0.288 e. The van der Waals surface area contributed by atoms with Gasteiger partial charge in [0.25, 0.3) is 5.54 Å². The van der Waals surface area contributed by atoms with Gasteiger partial charge in [0, 0.05) is 5.02 Å². The third-order valence-electron chi connectivity index (χ3n) is 3.13. The van der Waals surface area contributed by atoms with E-state index >= 15 is 0 Å². The van der Waals surface area contributed by atoms with E-state index in [0.717, 1.165) is 5.02 Å². The highest BCUT2D eigenvalue weighted by molar-refractivity contribution is 9.25. The van der Waals surface area contributed by atoms with Crippen molar-refractivity contribution in [3.8, 4) is 0 Å². The molecule has 3 heteroatoms. The Labute approximate surface area is 122 Å². The minimum absolute atomic E-state index is 0.191. The zero-order chi connectivity index (χ0) is 13.3. The molecule has 2 rings (SSSR count). The Balaban J connectivity index is 2.49. The lowest BCUT2D eigenvalue weighted by Crippen LogP contribution is -2.40. The molecule has 0 N–H and O–H groups in total. The summed E-state index contributed by atoms with van der Waals surface area (Å²) in [4.78, 5) is 0. The fourth-order valence-corrected chi connectivity index (χ4v) is 3.63. The zero-order valence-electron chi connectivity index (χ0n) is 10.8. The van der Waals surface area contributed by atoms with Crippen LogP contribution in [0.25, 0.3) is 0 Å². The Kier molecular flexibility index (Phi) is 4.19. The molecule has 0 aliphatic heterocycles. The summed E-state index contributed by atoms with van der Waals surface area (Å²) in [6.07, 6.45) is 0. The van der Waals surface area contributed by atoms with E-state index in [4.69, 9.17) is 11.6 Å². The standard InChI is InChI=1S/C15H15BBrCl/c1-10-7-11(2)15(12(3)8-10)16(17)13-5-4-6-14(18)9-13/h4-9H,1-3H3. The number of aryl methyl sites for hydroxylation is 3. The molecule has 0 nitrogen and oxygen atoms in total. The molecular formula is C15H15BBrCl. The van der Waals surface area contributed by atoms with E-state index in [9.17, 15) is 0 Å². The van der Waals surface area contributed by atoms with Gasteiger partial charge in [-0.15, -0.1) is 15.8 Å². The molecule has 0 radical (unpaired) electrons. The van der Waals surface area contributed by atoms with Gasteiger partial charge in [0.1, 0.15) is 0 Å². The Morgan fingerprint density at radius 1 is 1.00 bits per heavy atom. The Morgan fingerprint density at radius 2 is 1.61 bits per heavy atom. The van der Waals surface area contributed by atoms with Gasteiger partial charge in [0.2, 0.25) is 0 Å². The van der Waals surface area contributed by atoms with Crippen LogP contribution in [0.1, 0.15) is 16.7 Å². The maximum atomic E-state index is 6.06. The van der Waals surface area contributed by atoms with Crippen molar-refractivity contribution in [2.24, 2.45) is 0 Å². The van der Waals surface area contributed by atoms with Crippen LogP contribution in [-0.4, -0.2) is 5.54 Å². The van der Waals surface area contributed by atoms with E-state index < -0.39 is 0 Å². The first-order valence-corrected chi connectivity index (χ1v) is 7.25. The lowest BCUT2D eigenvalue weighted by molar-refractivity contribution is 1.35. The van der Waals surface area contributed by atoms with E-state index in [2.05, 4.69) is 54.7 Å². The van der Waals surface area contributed by atoms with Crippen molar-refractivity contribution in [3.05, 3.63) is 58.1 Å². The first kappa shape index (κ1) is 13.7. The first-order chi connectivity index (χ1) is 8.49. The summed E-state index contributed by atoms with van der Waals surface area (Å²) in [5.74, 6) is 0. The lowest BCUT2D eigenvalue weighted by Gasteiger charge is -2.15. The number of rotatable bonds is 2. The summed E-state index contributed by atoms with van der Waals surface area (Å²) in [6, 6.07) is 12.5. The molecule has 92 valence electrons. The predicted molar refractivity (Wildman–Crippen MR) is 86.1 cm³/mol. The molecule has 0 unspecified atom stereocenters. The van der Waals surface area contributed by atoms with Crippen LogP contribution in [0, 0.1) is 20.8 Å². The fourth-order valence-electron chi connectivity index (χ4n) is 2.42. The Hall–Kier alpha value is -0.725. The van der Waals surface area contributed by atoms with E-state index in [1.54, 1.807) is 0 Å². The molecule has 18 heavy (non-hydrogen) atoms. The normalized spacial score (nSPS) is 10.5. The molecule has 2 aromatic rings. The summed E-state index contributed by atoms with van der Waals surface area (Å²) in [7, 11) is 0. The van der Waals surface area contributed by atoms with Crippen molar-refractivity contribution in [2.45, 2.75) is 20.8 Å². The molecule has 0 amide bonds. The number of benzene rings is 2. The highest BCUT2D eigenvalue weighted by atomic mass is 79.9. The van der Waals surface area contributed by atoms with Crippen LogP contribution in [0.5, 0.6) is 0 Å². The number of halogens is 2. The second-order valence-corrected chi connectivity index (χ2v) is 6.08. The van der Waals surface area contributed by atoms with Gasteiger partial charge < -0.3 is 0 Å². The molecule has 0 heterocycles. The van der Waals surface area contributed by atoms with Gasteiger partial charge in [-0.2, -0.15) is 0 Å². The van der Waals surface area contributed by atoms with Crippen molar-refractivity contribution >= 4 is 43.8 Å². The van der Waals surface area contributed by atoms with Gasteiger partial charge in [-0.3, -0.25) is 0 Å². The smallest absolute Gasteiger partial charge is 0.143 e. The summed E-state index contributed by atoms with van der Waals surface area (Å²) >= 11 is 9.86. The second-order valence-electron chi connectivity index (χ2n) is 4.73. The quantitative estimate of drug-likeness (QED) is 0.739. The third kappa shape index (κ3) is 2.81. The van der Waals surface area contributed by atoms with Gasteiger partial charge in [-0.1, -0.05) is 63.5 Å². The zero-order valence-corrected chi connectivity index (χ0v) is 13.1. The van der Waals surface area contributed by atoms with Crippen molar-refractivity contribution in [1.82, 2.24) is 0 Å². The Morgan fingerprint density at radius 3 is 2.17 bits per heavy atom. The summed E-state index contributed by atoms with van der Waals surface area (Å²) in [5.41, 5.74) is 6.65. The molecule has 0 bridgehead atoms. The molecule has 0 aliphatic rings. The first-order valence-electron chi connectivity index (χ1n) is 5.96. The van der Waals surface area contributed by atoms with Crippen molar-refractivity contribution in [2.75, 3.05) is 0 Å². The van der Waals surface area contributed by atoms with Gasteiger partial charge in [0.05, 0.1) is 0 Å². The molecule has 0 atom stereocenters. The molecule has 0 saturated heterocycles. The monoisotopic (exact) mass is 320 g/mol. The third-order valence-corrected chi connectivity index (χ3v) is 4.35. The van der Waals surface area contributed by atoms with Crippen molar-refractivity contribution in [1.29, 1.82) is 0 Å². The molecule has 0 aliphatic carbocycles. The molecule has 0 saturated carbocycles. The molecule has 0 fully saturated rings. The maximum Gasteiger partial charge on any atom is 0.288 e. The number of hydrogen-bond donors (Lipinski definition) is 0. The van der Waals surface area contributed by atoms with Gasteiger partial charge in [-0.25, -0.2) is 0 Å². The van der Waals surface area contributed by atoms with Gasteiger partial charge >= 0.3 is 0 Å². The lowest BCUT2D eigenvalue weighted by atomic mass is 9.60. The van der Waals surface area contributed by atoms with Crippen molar-refractivity contribution < 1.29 is 0 Å². The van der Waals surface area contributed by atoms with Crippen LogP contribution in [0.4, 0.5) is 0 Å². The highest BCUT2D eigenvalue weighted by Crippen LogP contribution is 2.12. The van der Waals surface area contributed by atoms with Gasteiger partial charge in [-0.05, 0) is 32.9 Å². The molecule has 0 aromatic heterocycles. The fraction of sp³-hybridized carbons (Fsp3) is 0.200. The topological polar surface area (TPSA) is 0 Å². The minimum atomic E-state index is 0.191. The maximum absolute atomic E-state index is 6.06. The van der Waals surface area contributed by atoms with Crippen LogP contribution in [-0.2, 0) is 0 Å². The molecule has 2 aromatic carbocycles. The predicted octanol–water partition coefficient (Wildman–Crippen LogP) is 3.77. The highest BCUT2D eigenvalue weighted by Gasteiger charge is 2.20.